The fourth-order valence-corrected chi connectivity index (χ4v) is 4.48. The van der Waals surface area contributed by atoms with Gasteiger partial charge in [0, 0.05) is 11.1 Å². The van der Waals surface area contributed by atoms with Crippen LogP contribution in [0.15, 0.2) is 34.9 Å². The highest BCUT2D eigenvalue weighted by atomic mass is 16.5. The van der Waals surface area contributed by atoms with Crippen molar-refractivity contribution in [3.05, 3.63) is 57.2 Å². The average Bonchev–Trinajstić information content (AvgIpc) is 2.73. The van der Waals surface area contributed by atoms with Crippen molar-refractivity contribution >= 4 is 0 Å². The van der Waals surface area contributed by atoms with Crippen LogP contribution in [0.25, 0.3) is 0 Å². The summed E-state index contributed by atoms with van der Waals surface area (Å²) in [5.41, 5.74) is 7.50. The number of aliphatic hydroxyl groups excluding tert-OH is 1. The summed E-state index contributed by atoms with van der Waals surface area (Å²) in [5, 5.41) is 20.2. The molecule has 1 unspecified atom stereocenters. The number of hydrogen-bond donors (Lipinski definition) is 2. The molecule has 0 amide bonds. The molecule has 3 heteroatoms. The molecule has 0 aliphatic carbocycles. The maximum atomic E-state index is 10.4. The van der Waals surface area contributed by atoms with Gasteiger partial charge in [-0.05, 0) is 111 Å². The molecule has 0 saturated heterocycles. The lowest BCUT2D eigenvalue weighted by atomic mass is 9.84. The SMILES string of the molecule is CC(C)=CCCC(C)=CCCC(C)=CCCC1(C)CCc2c(CO)c(O)c(C)c(C)c2O1. The van der Waals surface area contributed by atoms with Gasteiger partial charge in [0.2, 0.25) is 0 Å². The molecule has 1 aliphatic rings. The Labute approximate surface area is 195 Å². The molecule has 0 saturated carbocycles. The van der Waals surface area contributed by atoms with Gasteiger partial charge in [-0.15, -0.1) is 0 Å². The van der Waals surface area contributed by atoms with Crippen LogP contribution >= 0.6 is 0 Å². The van der Waals surface area contributed by atoms with Crippen LogP contribution in [0.1, 0.15) is 102 Å². The number of aliphatic hydroxyl groups is 1. The first-order chi connectivity index (χ1) is 15.1. The fraction of sp³-hybridized carbons (Fsp3) is 0.586. The highest BCUT2D eigenvalue weighted by Gasteiger charge is 2.34. The molecule has 0 fully saturated rings. The molecule has 1 atom stereocenters. The molecule has 1 heterocycles. The van der Waals surface area contributed by atoms with Gasteiger partial charge in [0.25, 0.3) is 0 Å². The van der Waals surface area contributed by atoms with E-state index in [2.05, 4.69) is 52.8 Å². The van der Waals surface area contributed by atoms with E-state index in [0.717, 1.165) is 73.8 Å². The lowest BCUT2D eigenvalue weighted by Gasteiger charge is -2.38. The average molecular weight is 441 g/mol. The molecule has 0 bridgehead atoms. The quantitative estimate of drug-likeness (QED) is 0.365. The Balaban J connectivity index is 1.91. The van der Waals surface area contributed by atoms with E-state index in [0.29, 0.717) is 5.56 Å². The second-order valence-electron chi connectivity index (χ2n) is 10.1. The standard InChI is InChI=1S/C29H44O3/c1-20(2)11-8-12-21(3)13-9-14-22(4)15-10-17-29(7)18-16-25-26(19-30)27(31)23(5)24(6)28(25)32-29/h11,13,15,30-31H,8-10,12,14,16-19H2,1-7H3. The monoisotopic (exact) mass is 440 g/mol. The second kappa shape index (κ2) is 11.7. The van der Waals surface area contributed by atoms with Crippen molar-refractivity contribution in [1.29, 1.82) is 0 Å². The van der Waals surface area contributed by atoms with Gasteiger partial charge in [0.1, 0.15) is 17.1 Å². The molecule has 0 aromatic heterocycles. The zero-order valence-corrected chi connectivity index (χ0v) is 21.4. The smallest absolute Gasteiger partial charge is 0.127 e. The Kier molecular flexibility index (Phi) is 9.64. The molecule has 32 heavy (non-hydrogen) atoms. The van der Waals surface area contributed by atoms with Gasteiger partial charge in [-0.3, -0.25) is 0 Å². The van der Waals surface area contributed by atoms with Gasteiger partial charge < -0.3 is 14.9 Å². The molecule has 0 spiro atoms. The highest BCUT2D eigenvalue weighted by molar-refractivity contribution is 5.58. The summed E-state index contributed by atoms with van der Waals surface area (Å²) < 4.78 is 6.51. The normalized spacial score (nSPS) is 18.9. The van der Waals surface area contributed by atoms with Crippen LogP contribution in [-0.4, -0.2) is 15.8 Å². The summed E-state index contributed by atoms with van der Waals surface area (Å²) in [6.07, 6.45) is 15.3. The summed E-state index contributed by atoms with van der Waals surface area (Å²) in [4.78, 5) is 0. The van der Waals surface area contributed by atoms with Crippen LogP contribution in [0.2, 0.25) is 0 Å². The number of ether oxygens (including phenoxy) is 1. The van der Waals surface area contributed by atoms with Gasteiger partial charge in [-0.2, -0.15) is 0 Å². The maximum Gasteiger partial charge on any atom is 0.127 e. The molecule has 0 radical (unpaired) electrons. The Morgan fingerprint density at radius 1 is 0.938 bits per heavy atom. The van der Waals surface area contributed by atoms with Crippen LogP contribution in [0, 0.1) is 13.8 Å². The van der Waals surface area contributed by atoms with E-state index in [9.17, 15) is 10.2 Å². The number of allylic oxidation sites excluding steroid dienone is 6. The van der Waals surface area contributed by atoms with Gasteiger partial charge in [-0.25, -0.2) is 0 Å². The van der Waals surface area contributed by atoms with E-state index in [1.807, 2.05) is 13.8 Å². The maximum absolute atomic E-state index is 10.4. The van der Waals surface area contributed by atoms with E-state index in [4.69, 9.17) is 4.74 Å². The molecular weight excluding hydrogens is 396 g/mol. The first-order valence-corrected chi connectivity index (χ1v) is 12.2. The number of benzene rings is 1. The lowest BCUT2D eigenvalue weighted by molar-refractivity contribution is 0.0552. The van der Waals surface area contributed by atoms with Crippen molar-refractivity contribution < 1.29 is 14.9 Å². The van der Waals surface area contributed by atoms with Crippen LogP contribution in [0.3, 0.4) is 0 Å². The second-order valence-corrected chi connectivity index (χ2v) is 10.1. The summed E-state index contributed by atoms with van der Waals surface area (Å²) in [7, 11) is 0. The minimum atomic E-state index is -0.216. The lowest BCUT2D eigenvalue weighted by Crippen LogP contribution is -2.37. The van der Waals surface area contributed by atoms with Crippen molar-refractivity contribution in [1.82, 2.24) is 0 Å². The topological polar surface area (TPSA) is 49.7 Å². The Morgan fingerprint density at radius 3 is 2.12 bits per heavy atom. The van der Waals surface area contributed by atoms with E-state index in [1.165, 1.54) is 16.7 Å². The van der Waals surface area contributed by atoms with Crippen LogP contribution < -0.4 is 4.74 Å². The molecule has 178 valence electrons. The molecule has 1 aromatic rings. The largest absolute Gasteiger partial charge is 0.507 e. The molecule has 3 nitrogen and oxygen atoms in total. The number of phenols is 1. The van der Waals surface area contributed by atoms with E-state index >= 15 is 0 Å². The van der Waals surface area contributed by atoms with E-state index in [-0.39, 0.29) is 18.0 Å². The van der Waals surface area contributed by atoms with Crippen molar-refractivity contribution in [2.24, 2.45) is 0 Å². The predicted octanol–water partition coefficient (Wildman–Crippen LogP) is 7.78. The molecular formula is C29H44O3. The Hall–Kier alpha value is -2.00. The van der Waals surface area contributed by atoms with Crippen LogP contribution in [0.4, 0.5) is 0 Å². The number of fused-ring (bicyclic) bond motifs is 1. The third kappa shape index (κ3) is 7.00. The third-order valence-electron chi connectivity index (χ3n) is 6.88. The Morgan fingerprint density at radius 2 is 1.53 bits per heavy atom. The fourth-order valence-electron chi connectivity index (χ4n) is 4.48. The first-order valence-electron chi connectivity index (χ1n) is 12.2. The summed E-state index contributed by atoms with van der Waals surface area (Å²) in [6.45, 7) is 14.7. The van der Waals surface area contributed by atoms with Crippen molar-refractivity contribution in [2.45, 2.75) is 112 Å². The van der Waals surface area contributed by atoms with E-state index in [1.54, 1.807) is 0 Å². The van der Waals surface area contributed by atoms with Gasteiger partial charge >= 0.3 is 0 Å². The molecule has 2 rings (SSSR count). The van der Waals surface area contributed by atoms with Crippen molar-refractivity contribution in [3.63, 3.8) is 0 Å². The Bertz CT molecular complexity index is 884. The van der Waals surface area contributed by atoms with E-state index < -0.39 is 0 Å². The first kappa shape index (κ1) is 26.3. The zero-order valence-electron chi connectivity index (χ0n) is 21.4. The number of rotatable bonds is 10. The van der Waals surface area contributed by atoms with Gasteiger partial charge in [0.05, 0.1) is 6.61 Å². The minimum absolute atomic E-state index is 0.153. The van der Waals surface area contributed by atoms with Crippen LogP contribution in [-0.2, 0) is 13.0 Å². The van der Waals surface area contributed by atoms with Crippen molar-refractivity contribution in [3.8, 4) is 11.5 Å². The number of hydrogen-bond acceptors (Lipinski definition) is 3. The van der Waals surface area contributed by atoms with Crippen LogP contribution in [0.5, 0.6) is 11.5 Å². The molecule has 2 N–H and O–H groups in total. The van der Waals surface area contributed by atoms with Gasteiger partial charge in [0.15, 0.2) is 0 Å². The third-order valence-corrected chi connectivity index (χ3v) is 6.88. The van der Waals surface area contributed by atoms with Crippen molar-refractivity contribution in [2.75, 3.05) is 0 Å². The minimum Gasteiger partial charge on any atom is -0.507 e. The number of aromatic hydroxyl groups is 1. The zero-order chi connectivity index (χ0) is 23.9. The summed E-state index contributed by atoms with van der Waals surface area (Å²) >= 11 is 0. The predicted molar refractivity (Wildman–Crippen MR) is 136 cm³/mol. The summed E-state index contributed by atoms with van der Waals surface area (Å²) in [5.74, 6) is 1.09. The summed E-state index contributed by atoms with van der Waals surface area (Å²) in [6, 6.07) is 0. The highest BCUT2D eigenvalue weighted by Crippen LogP contribution is 2.44. The molecule has 1 aliphatic heterocycles. The van der Waals surface area contributed by atoms with Gasteiger partial charge in [-0.1, -0.05) is 34.9 Å². The molecule has 1 aromatic carbocycles.